The standard InChI is InChI=1S/C16H14ClN7S/c1-9(18-13-7-8-14-20-22-23-24(14)21-13)16-19-15(10(2)25-16)11-3-5-12(17)6-4-11/h3-9H,1-2H3,(H,18,21). The van der Waals surface area contributed by atoms with E-state index < -0.39 is 0 Å². The molecule has 1 aromatic carbocycles. The number of halogens is 1. The largest absolute Gasteiger partial charge is 0.360 e. The molecule has 0 bridgehead atoms. The van der Waals surface area contributed by atoms with Gasteiger partial charge in [-0.3, -0.25) is 0 Å². The van der Waals surface area contributed by atoms with Gasteiger partial charge < -0.3 is 5.32 Å². The summed E-state index contributed by atoms with van der Waals surface area (Å²) in [5, 5.41) is 20.6. The average molecular weight is 372 g/mol. The Bertz CT molecular complexity index is 1020. The first-order valence-electron chi connectivity index (χ1n) is 7.65. The molecule has 1 unspecified atom stereocenters. The van der Waals surface area contributed by atoms with E-state index in [1.807, 2.05) is 36.4 Å². The second-order valence-electron chi connectivity index (χ2n) is 5.57. The maximum Gasteiger partial charge on any atom is 0.200 e. The number of benzene rings is 1. The fourth-order valence-corrected chi connectivity index (χ4v) is 3.56. The summed E-state index contributed by atoms with van der Waals surface area (Å²) in [6.45, 7) is 4.12. The van der Waals surface area contributed by atoms with Crippen LogP contribution in [0, 0.1) is 6.92 Å². The first-order valence-corrected chi connectivity index (χ1v) is 8.85. The fraction of sp³-hybridized carbons (Fsp3) is 0.188. The summed E-state index contributed by atoms with van der Waals surface area (Å²) in [7, 11) is 0. The zero-order valence-corrected chi connectivity index (χ0v) is 15.1. The molecule has 0 saturated carbocycles. The molecule has 3 aromatic heterocycles. The van der Waals surface area contributed by atoms with Crippen LogP contribution in [-0.4, -0.2) is 30.2 Å². The van der Waals surface area contributed by atoms with Gasteiger partial charge in [0.05, 0.1) is 11.7 Å². The second-order valence-corrected chi connectivity index (χ2v) is 7.25. The van der Waals surface area contributed by atoms with Crippen LogP contribution in [-0.2, 0) is 0 Å². The lowest BCUT2D eigenvalue weighted by Crippen LogP contribution is -2.09. The molecule has 0 saturated heterocycles. The Morgan fingerprint density at radius 3 is 2.76 bits per heavy atom. The van der Waals surface area contributed by atoms with Gasteiger partial charge >= 0.3 is 0 Å². The summed E-state index contributed by atoms with van der Waals surface area (Å²) in [6.07, 6.45) is 0. The molecule has 4 aromatic rings. The summed E-state index contributed by atoms with van der Waals surface area (Å²) in [6, 6.07) is 11.4. The maximum atomic E-state index is 5.97. The van der Waals surface area contributed by atoms with Gasteiger partial charge in [-0.05, 0) is 48.5 Å². The lowest BCUT2D eigenvalue weighted by atomic mass is 10.1. The number of anilines is 1. The molecule has 4 rings (SSSR count). The molecule has 1 N–H and O–H groups in total. The molecule has 9 heteroatoms. The Morgan fingerprint density at radius 1 is 1.16 bits per heavy atom. The molecule has 0 aliphatic heterocycles. The minimum absolute atomic E-state index is 0.00572. The van der Waals surface area contributed by atoms with Crippen LogP contribution in [0.15, 0.2) is 36.4 Å². The van der Waals surface area contributed by atoms with Gasteiger partial charge in [0, 0.05) is 15.5 Å². The quantitative estimate of drug-likeness (QED) is 0.588. The number of aryl methyl sites for hydroxylation is 1. The zero-order chi connectivity index (χ0) is 17.4. The lowest BCUT2D eigenvalue weighted by Gasteiger charge is -2.11. The predicted octanol–water partition coefficient (Wildman–Crippen LogP) is 3.78. The summed E-state index contributed by atoms with van der Waals surface area (Å²) < 4.78 is 1.39. The van der Waals surface area contributed by atoms with Gasteiger partial charge in [0.1, 0.15) is 10.8 Å². The van der Waals surface area contributed by atoms with Gasteiger partial charge in [-0.2, -0.15) is 0 Å². The molecule has 0 radical (unpaired) electrons. The normalized spacial score (nSPS) is 12.4. The van der Waals surface area contributed by atoms with E-state index in [-0.39, 0.29) is 6.04 Å². The number of fused-ring (bicyclic) bond motifs is 1. The van der Waals surface area contributed by atoms with Crippen molar-refractivity contribution in [3.63, 3.8) is 0 Å². The third-order valence-electron chi connectivity index (χ3n) is 3.74. The maximum absolute atomic E-state index is 5.97. The van der Waals surface area contributed by atoms with Gasteiger partial charge in [0.25, 0.3) is 0 Å². The summed E-state index contributed by atoms with van der Waals surface area (Å²) in [5.74, 6) is 0.688. The Hall–Kier alpha value is -2.58. The monoisotopic (exact) mass is 371 g/mol. The summed E-state index contributed by atoms with van der Waals surface area (Å²) in [4.78, 5) is 5.96. The van der Waals surface area contributed by atoms with E-state index >= 15 is 0 Å². The average Bonchev–Trinajstić information content (AvgIpc) is 3.22. The first kappa shape index (κ1) is 15.9. The van der Waals surface area contributed by atoms with Crippen molar-refractivity contribution in [2.45, 2.75) is 19.9 Å². The zero-order valence-electron chi connectivity index (χ0n) is 13.5. The van der Waals surface area contributed by atoms with Crippen LogP contribution in [0.3, 0.4) is 0 Å². The molecule has 0 fully saturated rings. The van der Waals surface area contributed by atoms with Crippen LogP contribution < -0.4 is 5.32 Å². The third-order valence-corrected chi connectivity index (χ3v) is 5.14. The van der Waals surface area contributed by atoms with Crippen LogP contribution in [0.4, 0.5) is 5.82 Å². The van der Waals surface area contributed by atoms with Gasteiger partial charge in [-0.15, -0.1) is 26.2 Å². The fourth-order valence-electron chi connectivity index (χ4n) is 2.49. The number of rotatable bonds is 4. The van der Waals surface area contributed by atoms with Gasteiger partial charge in [0.2, 0.25) is 0 Å². The molecule has 0 amide bonds. The number of nitrogens with one attached hydrogen (secondary N) is 1. The predicted molar refractivity (Wildman–Crippen MR) is 97.9 cm³/mol. The van der Waals surface area contributed by atoms with Crippen LogP contribution in [0.2, 0.25) is 5.02 Å². The second kappa shape index (κ2) is 6.38. The Kier molecular flexibility index (Phi) is 4.06. The molecule has 0 aliphatic rings. The van der Waals surface area contributed by atoms with Gasteiger partial charge in [0.15, 0.2) is 5.65 Å². The molecule has 0 aliphatic carbocycles. The molecular weight excluding hydrogens is 358 g/mol. The van der Waals surface area contributed by atoms with E-state index in [1.165, 1.54) is 4.63 Å². The number of tetrazole rings is 1. The van der Waals surface area contributed by atoms with Crippen molar-refractivity contribution >= 4 is 34.4 Å². The van der Waals surface area contributed by atoms with Crippen molar-refractivity contribution in [3.05, 3.63) is 51.3 Å². The minimum atomic E-state index is 0.00572. The highest BCUT2D eigenvalue weighted by Gasteiger charge is 2.15. The molecule has 3 heterocycles. The Morgan fingerprint density at radius 2 is 1.96 bits per heavy atom. The van der Waals surface area contributed by atoms with Gasteiger partial charge in [-0.1, -0.05) is 23.7 Å². The highest BCUT2D eigenvalue weighted by atomic mass is 35.5. The highest BCUT2D eigenvalue weighted by Crippen LogP contribution is 2.32. The number of hydrogen-bond acceptors (Lipinski definition) is 7. The summed E-state index contributed by atoms with van der Waals surface area (Å²) in [5.41, 5.74) is 2.65. The van der Waals surface area contributed by atoms with Crippen molar-refractivity contribution in [2.24, 2.45) is 0 Å². The molecule has 25 heavy (non-hydrogen) atoms. The van der Waals surface area contributed by atoms with Crippen molar-refractivity contribution in [3.8, 4) is 11.3 Å². The number of thiazole rings is 1. The molecule has 1 atom stereocenters. The lowest BCUT2D eigenvalue weighted by molar-refractivity contribution is 0.727. The number of hydrogen-bond donors (Lipinski definition) is 1. The van der Waals surface area contributed by atoms with E-state index in [1.54, 1.807) is 11.3 Å². The van der Waals surface area contributed by atoms with Crippen molar-refractivity contribution in [2.75, 3.05) is 5.32 Å². The van der Waals surface area contributed by atoms with Crippen LogP contribution in [0.5, 0.6) is 0 Å². The van der Waals surface area contributed by atoms with E-state index in [4.69, 9.17) is 16.6 Å². The van der Waals surface area contributed by atoms with E-state index in [9.17, 15) is 0 Å². The minimum Gasteiger partial charge on any atom is -0.360 e. The van der Waals surface area contributed by atoms with Gasteiger partial charge in [-0.25, -0.2) is 4.98 Å². The van der Waals surface area contributed by atoms with Crippen molar-refractivity contribution in [1.29, 1.82) is 0 Å². The highest BCUT2D eigenvalue weighted by molar-refractivity contribution is 7.12. The smallest absolute Gasteiger partial charge is 0.200 e. The molecule has 0 spiro atoms. The van der Waals surface area contributed by atoms with Crippen LogP contribution in [0.25, 0.3) is 16.9 Å². The van der Waals surface area contributed by atoms with Crippen LogP contribution >= 0.6 is 22.9 Å². The van der Waals surface area contributed by atoms with E-state index in [0.717, 1.165) is 26.2 Å². The first-order chi connectivity index (χ1) is 12.1. The van der Waals surface area contributed by atoms with Crippen molar-refractivity contribution < 1.29 is 0 Å². The number of aromatic nitrogens is 6. The van der Waals surface area contributed by atoms with Crippen LogP contribution in [0.1, 0.15) is 22.9 Å². The van der Waals surface area contributed by atoms with E-state index in [0.29, 0.717) is 11.5 Å². The molecular formula is C16H14ClN7S. The Balaban J connectivity index is 1.58. The summed E-state index contributed by atoms with van der Waals surface area (Å²) >= 11 is 7.63. The molecule has 7 nitrogen and oxygen atoms in total. The SMILES string of the molecule is Cc1sc(C(C)Nc2ccc3nnnn3n2)nc1-c1ccc(Cl)cc1. The molecule has 126 valence electrons. The third kappa shape index (κ3) is 3.18. The van der Waals surface area contributed by atoms with Crippen molar-refractivity contribution in [1.82, 2.24) is 30.2 Å². The topological polar surface area (TPSA) is 80.9 Å². The Labute approximate surface area is 152 Å². The van der Waals surface area contributed by atoms with E-state index in [2.05, 4.69) is 39.8 Å². The number of nitrogens with zero attached hydrogens (tertiary/aromatic N) is 6.